The van der Waals surface area contributed by atoms with E-state index < -0.39 is 43.7 Å². The number of nitro benzene ring substituents is 1. The standard InChI is InChI=1S/C8H6F2N6O4S/c9-4-1-5(10)7(2-6(4)16(17)18)21(19,20)11-3-8-12-14-15-13-8/h1-2,11H,3H2,(H,12,13,14,15). The molecule has 0 aliphatic rings. The molecular formula is C8H6F2N6O4S. The van der Waals surface area contributed by atoms with E-state index >= 15 is 0 Å². The highest BCUT2D eigenvalue weighted by Crippen LogP contribution is 2.24. The van der Waals surface area contributed by atoms with Crippen molar-refractivity contribution in [1.29, 1.82) is 0 Å². The van der Waals surface area contributed by atoms with E-state index in [1.165, 1.54) is 0 Å². The summed E-state index contributed by atoms with van der Waals surface area (Å²) in [7, 11) is -4.46. The molecule has 0 spiro atoms. The van der Waals surface area contributed by atoms with Gasteiger partial charge in [-0.2, -0.15) is 9.60 Å². The first kappa shape index (κ1) is 14.9. The van der Waals surface area contributed by atoms with Crippen molar-refractivity contribution in [3.63, 3.8) is 0 Å². The van der Waals surface area contributed by atoms with Crippen molar-refractivity contribution in [2.24, 2.45) is 0 Å². The SMILES string of the molecule is O=[N+]([O-])c1cc(S(=O)(=O)NCc2nn[nH]n2)c(F)cc1F. The topological polar surface area (TPSA) is 144 Å². The number of tetrazole rings is 1. The Hall–Kier alpha value is -2.54. The molecule has 0 aliphatic carbocycles. The number of hydrogen-bond acceptors (Lipinski definition) is 7. The molecule has 0 amide bonds. The first-order valence-corrected chi connectivity index (χ1v) is 6.65. The maximum absolute atomic E-state index is 13.5. The van der Waals surface area contributed by atoms with Gasteiger partial charge in [0.2, 0.25) is 15.8 Å². The lowest BCUT2D eigenvalue weighted by Crippen LogP contribution is -2.25. The average Bonchev–Trinajstić information content (AvgIpc) is 2.88. The Kier molecular flexibility index (Phi) is 3.86. The molecule has 1 aromatic heterocycles. The molecule has 2 rings (SSSR count). The molecule has 2 N–H and O–H groups in total. The van der Waals surface area contributed by atoms with Gasteiger partial charge in [-0.15, -0.1) is 10.2 Å². The fourth-order valence-electron chi connectivity index (χ4n) is 1.36. The van der Waals surface area contributed by atoms with Crippen LogP contribution in [0, 0.1) is 21.7 Å². The Morgan fingerprint density at radius 1 is 1.33 bits per heavy atom. The van der Waals surface area contributed by atoms with Crippen LogP contribution in [0.3, 0.4) is 0 Å². The van der Waals surface area contributed by atoms with Crippen molar-refractivity contribution < 1.29 is 22.1 Å². The Balaban J connectivity index is 2.35. The van der Waals surface area contributed by atoms with E-state index in [9.17, 15) is 27.3 Å². The molecule has 0 fully saturated rings. The van der Waals surface area contributed by atoms with Gasteiger partial charge in [0.15, 0.2) is 5.82 Å². The summed E-state index contributed by atoms with van der Waals surface area (Å²) in [5.74, 6) is -2.97. The Bertz CT molecular complexity index is 778. The van der Waals surface area contributed by atoms with Gasteiger partial charge >= 0.3 is 5.69 Å². The lowest BCUT2D eigenvalue weighted by atomic mass is 10.3. The quantitative estimate of drug-likeness (QED) is 0.576. The fourth-order valence-corrected chi connectivity index (χ4v) is 2.42. The fraction of sp³-hybridized carbons (Fsp3) is 0.125. The lowest BCUT2D eigenvalue weighted by Gasteiger charge is -2.06. The van der Waals surface area contributed by atoms with E-state index in [4.69, 9.17) is 0 Å². The molecule has 0 atom stereocenters. The molecule has 0 radical (unpaired) electrons. The second-order valence-electron chi connectivity index (χ2n) is 3.64. The average molecular weight is 320 g/mol. The minimum absolute atomic E-state index is 0.0319. The van der Waals surface area contributed by atoms with Gasteiger partial charge in [-0.3, -0.25) is 10.1 Å². The molecule has 0 bridgehead atoms. The normalized spacial score (nSPS) is 11.5. The van der Waals surface area contributed by atoms with E-state index in [-0.39, 0.29) is 11.9 Å². The summed E-state index contributed by atoms with van der Waals surface area (Å²) in [6.07, 6.45) is 0. The molecule has 21 heavy (non-hydrogen) atoms. The molecule has 0 aliphatic heterocycles. The van der Waals surface area contributed by atoms with Gasteiger partial charge in [0.1, 0.15) is 10.7 Å². The van der Waals surface area contributed by atoms with Gasteiger partial charge < -0.3 is 0 Å². The number of nitrogens with one attached hydrogen (secondary N) is 2. The molecule has 1 aromatic carbocycles. The Morgan fingerprint density at radius 2 is 2.05 bits per heavy atom. The van der Waals surface area contributed by atoms with Crippen LogP contribution in [0.4, 0.5) is 14.5 Å². The molecule has 0 saturated carbocycles. The highest BCUT2D eigenvalue weighted by molar-refractivity contribution is 7.89. The van der Waals surface area contributed by atoms with Gasteiger partial charge in [-0.1, -0.05) is 5.21 Å². The smallest absolute Gasteiger partial charge is 0.258 e. The summed E-state index contributed by atoms with van der Waals surface area (Å²) in [5, 5.41) is 22.7. The van der Waals surface area contributed by atoms with Crippen molar-refractivity contribution in [3.05, 3.63) is 39.7 Å². The minimum Gasteiger partial charge on any atom is -0.258 e. The number of rotatable bonds is 5. The molecule has 0 unspecified atom stereocenters. The number of aromatic nitrogens is 4. The van der Waals surface area contributed by atoms with Crippen LogP contribution in [0.1, 0.15) is 5.82 Å². The number of benzene rings is 1. The summed E-state index contributed by atoms with van der Waals surface area (Å²) in [6.45, 7) is -0.427. The summed E-state index contributed by atoms with van der Waals surface area (Å²) in [5.41, 5.74) is -1.16. The van der Waals surface area contributed by atoms with Gasteiger partial charge in [-0.25, -0.2) is 17.5 Å². The van der Waals surface area contributed by atoms with E-state index in [1.807, 2.05) is 4.72 Å². The second kappa shape index (κ2) is 5.45. The van der Waals surface area contributed by atoms with Crippen molar-refractivity contribution in [2.75, 3.05) is 0 Å². The molecule has 10 nitrogen and oxygen atoms in total. The zero-order chi connectivity index (χ0) is 15.6. The molecule has 112 valence electrons. The summed E-state index contributed by atoms with van der Waals surface area (Å²) in [4.78, 5) is 8.34. The van der Waals surface area contributed by atoms with Crippen LogP contribution in [-0.4, -0.2) is 34.0 Å². The summed E-state index contributed by atoms with van der Waals surface area (Å²) < 4.78 is 52.3. The maximum Gasteiger partial charge on any atom is 0.306 e. The zero-order valence-corrected chi connectivity index (χ0v) is 10.8. The van der Waals surface area contributed by atoms with Crippen molar-refractivity contribution in [2.45, 2.75) is 11.4 Å². The summed E-state index contributed by atoms with van der Waals surface area (Å²) >= 11 is 0. The largest absolute Gasteiger partial charge is 0.306 e. The van der Waals surface area contributed by atoms with E-state index in [2.05, 4.69) is 20.6 Å². The van der Waals surface area contributed by atoms with Crippen molar-refractivity contribution in [1.82, 2.24) is 25.3 Å². The van der Waals surface area contributed by atoms with Crippen LogP contribution in [0.5, 0.6) is 0 Å². The number of halogens is 2. The van der Waals surface area contributed by atoms with Crippen LogP contribution in [0.2, 0.25) is 0 Å². The predicted octanol–water partition coefficient (Wildman–Crippen LogP) is -0.135. The van der Waals surface area contributed by atoms with Gasteiger partial charge in [0.05, 0.1) is 11.5 Å². The number of H-pyrrole nitrogens is 1. The third-order valence-electron chi connectivity index (χ3n) is 2.30. The van der Waals surface area contributed by atoms with Crippen LogP contribution >= 0.6 is 0 Å². The number of aromatic amines is 1. The van der Waals surface area contributed by atoms with E-state index in [1.54, 1.807) is 0 Å². The van der Waals surface area contributed by atoms with Gasteiger partial charge in [-0.05, 0) is 0 Å². The third kappa shape index (κ3) is 3.14. The third-order valence-corrected chi connectivity index (χ3v) is 3.71. The van der Waals surface area contributed by atoms with Crippen molar-refractivity contribution >= 4 is 15.7 Å². The van der Waals surface area contributed by atoms with E-state index in [0.717, 1.165) is 0 Å². The number of sulfonamides is 1. The lowest BCUT2D eigenvalue weighted by molar-refractivity contribution is -0.387. The van der Waals surface area contributed by atoms with E-state index in [0.29, 0.717) is 6.07 Å². The molecular weight excluding hydrogens is 314 g/mol. The molecule has 13 heteroatoms. The highest BCUT2D eigenvalue weighted by Gasteiger charge is 2.26. The van der Waals surface area contributed by atoms with Gasteiger partial charge in [0.25, 0.3) is 0 Å². The van der Waals surface area contributed by atoms with Crippen LogP contribution < -0.4 is 4.72 Å². The first-order valence-electron chi connectivity index (χ1n) is 5.16. The molecule has 0 saturated heterocycles. The highest BCUT2D eigenvalue weighted by atomic mass is 32.2. The Morgan fingerprint density at radius 3 is 2.62 bits per heavy atom. The van der Waals surface area contributed by atoms with Crippen molar-refractivity contribution in [3.8, 4) is 0 Å². The predicted molar refractivity (Wildman–Crippen MR) is 61.2 cm³/mol. The zero-order valence-electron chi connectivity index (χ0n) is 9.95. The molecule has 2 aromatic rings. The van der Waals surface area contributed by atoms with Crippen LogP contribution in [0.25, 0.3) is 0 Å². The number of hydrogen-bond donors (Lipinski definition) is 2. The first-order chi connectivity index (χ1) is 9.81. The monoisotopic (exact) mass is 320 g/mol. The van der Waals surface area contributed by atoms with Crippen LogP contribution in [-0.2, 0) is 16.6 Å². The Labute approximate surface area is 115 Å². The second-order valence-corrected chi connectivity index (χ2v) is 5.38. The van der Waals surface area contributed by atoms with Crippen LogP contribution in [0.15, 0.2) is 17.0 Å². The van der Waals surface area contributed by atoms with Gasteiger partial charge in [0, 0.05) is 12.1 Å². The summed E-state index contributed by atoms with van der Waals surface area (Å²) in [6, 6.07) is 0.421. The molecule has 1 heterocycles. The minimum atomic E-state index is -4.46. The maximum atomic E-state index is 13.5. The number of nitro groups is 1. The number of nitrogens with zero attached hydrogens (tertiary/aromatic N) is 4.